The molecule has 0 atom stereocenters. The quantitative estimate of drug-likeness (QED) is 0.684. The van der Waals surface area contributed by atoms with E-state index in [1.165, 1.54) is 6.07 Å². The largest absolute Gasteiger partial charge is 0.507 e. The highest BCUT2D eigenvalue weighted by molar-refractivity contribution is 5.68. The Morgan fingerprint density at radius 3 is 2.74 bits per heavy atom. The number of phenolic OH excluding ortho intramolecular Hbond substituents is 1. The average Bonchev–Trinajstić information content (AvgIpc) is 2.97. The van der Waals surface area contributed by atoms with Gasteiger partial charge in [-0.1, -0.05) is 5.16 Å². The van der Waals surface area contributed by atoms with Crippen molar-refractivity contribution in [3.63, 3.8) is 0 Å². The predicted octanol–water partition coefficient (Wildman–Crippen LogP) is 2.59. The summed E-state index contributed by atoms with van der Waals surface area (Å²) in [6.07, 6.45) is 1.56. The molecule has 0 aliphatic heterocycles. The second-order valence-corrected chi connectivity index (χ2v) is 4.09. The van der Waals surface area contributed by atoms with Crippen molar-refractivity contribution < 1.29 is 14.0 Å². The lowest BCUT2D eigenvalue weighted by Gasteiger charge is -1.99. The number of aromatic nitrogens is 2. The van der Waals surface area contributed by atoms with Crippen molar-refractivity contribution in [2.45, 2.75) is 6.92 Å². The van der Waals surface area contributed by atoms with Crippen LogP contribution >= 0.6 is 0 Å². The molecule has 0 spiro atoms. The summed E-state index contributed by atoms with van der Waals surface area (Å²) in [6.45, 7) is 1.81. The van der Waals surface area contributed by atoms with Gasteiger partial charge >= 0.3 is 0 Å². The van der Waals surface area contributed by atoms with E-state index in [1.807, 2.05) is 6.92 Å². The highest BCUT2D eigenvalue weighted by atomic mass is 16.5. The van der Waals surface area contributed by atoms with E-state index in [4.69, 9.17) is 14.7 Å². The van der Waals surface area contributed by atoms with Crippen molar-refractivity contribution in [1.82, 2.24) is 10.1 Å². The molecule has 6 nitrogen and oxygen atoms in total. The maximum atomic E-state index is 9.81. The molecule has 0 saturated carbocycles. The molecule has 6 heteroatoms. The smallest absolute Gasteiger partial charge is 0.262 e. The fourth-order valence-electron chi connectivity index (χ4n) is 1.79. The number of benzene rings is 1. The molecule has 19 heavy (non-hydrogen) atoms. The summed E-state index contributed by atoms with van der Waals surface area (Å²) in [5, 5.41) is 13.7. The predicted molar refractivity (Wildman–Crippen MR) is 68.3 cm³/mol. The van der Waals surface area contributed by atoms with Crippen molar-refractivity contribution in [3.8, 4) is 28.6 Å². The van der Waals surface area contributed by atoms with Gasteiger partial charge in [-0.05, 0) is 25.1 Å². The van der Waals surface area contributed by atoms with Crippen LogP contribution in [0.5, 0.6) is 5.75 Å². The molecule has 96 valence electrons. The van der Waals surface area contributed by atoms with Gasteiger partial charge in [0.05, 0.1) is 17.4 Å². The zero-order valence-corrected chi connectivity index (χ0v) is 10.1. The second-order valence-electron chi connectivity index (χ2n) is 4.09. The molecular formula is C13H11N3O3. The fraction of sp³-hybridized carbons (Fsp3) is 0.0769. The Morgan fingerprint density at radius 1 is 1.21 bits per heavy atom. The molecule has 1 aromatic carbocycles. The van der Waals surface area contributed by atoms with E-state index in [2.05, 4.69) is 10.1 Å². The lowest BCUT2D eigenvalue weighted by atomic mass is 10.2. The number of hydrogen-bond donors (Lipinski definition) is 2. The Morgan fingerprint density at radius 2 is 2.05 bits per heavy atom. The molecule has 3 rings (SSSR count). The molecular weight excluding hydrogens is 246 g/mol. The van der Waals surface area contributed by atoms with E-state index >= 15 is 0 Å². The lowest BCUT2D eigenvalue weighted by molar-refractivity contribution is 0.425. The highest BCUT2D eigenvalue weighted by Gasteiger charge is 2.16. The van der Waals surface area contributed by atoms with E-state index in [0.29, 0.717) is 22.8 Å². The molecule has 0 saturated heterocycles. The molecule has 0 fully saturated rings. The fourth-order valence-corrected chi connectivity index (χ4v) is 1.79. The molecule has 0 amide bonds. The van der Waals surface area contributed by atoms with Gasteiger partial charge in [-0.2, -0.15) is 4.98 Å². The minimum Gasteiger partial charge on any atom is -0.507 e. The van der Waals surface area contributed by atoms with E-state index < -0.39 is 0 Å². The molecule has 0 unspecified atom stereocenters. The number of furan rings is 1. The van der Waals surface area contributed by atoms with Crippen LogP contribution < -0.4 is 5.73 Å². The zero-order chi connectivity index (χ0) is 13.4. The van der Waals surface area contributed by atoms with E-state index in [1.54, 1.807) is 24.5 Å². The number of aryl methyl sites for hydroxylation is 1. The summed E-state index contributed by atoms with van der Waals surface area (Å²) in [7, 11) is 0. The molecule has 0 bridgehead atoms. The van der Waals surface area contributed by atoms with Gasteiger partial charge in [0.15, 0.2) is 0 Å². The minimum atomic E-state index is -0.000819. The number of nitrogens with zero attached hydrogens (tertiary/aromatic N) is 2. The zero-order valence-electron chi connectivity index (χ0n) is 10.1. The van der Waals surface area contributed by atoms with Gasteiger partial charge in [-0.15, -0.1) is 0 Å². The first kappa shape index (κ1) is 11.3. The summed E-state index contributed by atoms with van der Waals surface area (Å²) < 4.78 is 10.3. The van der Waals surface area contributed by atoms with Crippen molar-refractivity contribution in [2.24, 2.45) is 0 Å². The van der Waals surface area contributed by atoms with Crippen LogP contribution in [0.25, 0.3) is 22.8 Å². The van der Waals surface area contributed by atoms with Gasteiger partial charge < -0.3 is 19.8 Å². The van der Waals surface area contributed by atoms with Crippen LogP contribution in [-0.4, -0.2) is 15.2 Å². The van der Waals surface area contributed by atoms with Crippen molar-refractivity contribution in [1.29, 1.82) is 0 Å². The monoisotopic (exact) mass is 257 g/mol. The van der Waals surface area contributed by atoms with Crippen LogP contribution in [0.1, 0.15) is 5.76 Å². The van der Waals surface area contributed by atoms with Crippen molar-refractivity contribution >= 4 is 5.69 Å². The van der Waals surface area contributed by atoms with Gasteiger partial charge in [-0.25, -0.2) is 0 Å². The summed E-state index contributed by atoms with van der Waals surface area (Å²) in [5.74, 6) is 1.35. The minimum absolute atomic E-state index is 0.000819. The summed E-state index contributed by atoms with van der Waals surface area (Å²) in [5.41, 5.74) is 7.23. The Bertz CT molecular complexity index is 730. The third-order valence-corrected chi connectivity index (χ3v) is 2.78. The third-order valence-electron chi connectivity index (χ3n) is 2.78. The normalized spacial score (nSPS) is 10.8. The van der Waals surface area contributed by atoms with Crippen LogP contribution in [0.15, 0.2) is 39.5 Å². The van der Waals surface area contributed by atoms with Crippen molar-refractivity contribution in [3.05, 3.63) is 36.3 Å². The number of aromatic hydroxyl groups is 1. The van der Waals surface area contributed by atoms with E-state index in [0.717, 1.165) is 5.56 Å². The number of hydrogen-bond acceptors (Lipinski definition) is 6. The molecule has 3 N–H and O–H groups in total. The van der Waals surface area contributed by atoms with Gasteiger partial charge in [0.1, 0.15) is 11.5 Å². The first-order valence-corrected chi connectivity index (χ1v) is 5.62. The Labute approximate surface area is 108 Å². The Kier molecular flexibility index (Phi) is 2.49. The topological polar surface area (TPSA) is 98.3 Å². The number of rotatable bonds is 2. The number of anilines is 1. The second kappa shape index (κ2) is 4.16. The third kappa shape index (κ3) is 1.93. The summed E-state index contributed by atoms with van der Waals surface area (Å²) in [6, 6.07) is 6.47. The molecule has 0 radical (unpaired) electrons. The first-order chi connectivity index (χ1) is 9.15. The molecule has 2 aromatic heterocycles. The van der Waals surface area contributed by atoms with Crippen LogP contribution in [0, 0.1) is 6.92 Å². The summed E-state index contributed by atoms with van der Waals surface area (Å²) >= 11 is 0. The van der Waals surface area contributed by atoms with Crippen LogP contribution in [0.4, 0.5) is 5.69 Å². The van der Waals surface area contributed by atoms with Crippen LogP contribution in [-0.2, 0) is 0 Å². The van der Waals surface area contributed by atoms with Crippen LogP contribution in [0.2, 0.25) is 0 Å². The first-order valence-electron chi connectivity index (χ1n) is 5.62. The highest BCUT2D eigenvalue weighted by Crippen LogP contribution is 2.31. The molecule has 0 aliphatic carbocycles. The Hall–Kier alpha value is -2.76. The number of phenols is 1. The maximum Gasteiger partial charge on any atom is 0.262 e. The van der Waals surface area contributed by atoms with Gasteiger partial charge in [0.2, 0.25) is 5.82 Å². The van der Waals surface area contributed by atoms with Gasteiger partial charge in [0.25, 0.3) is 5.89 Å². The van der Waals surface area contributed by atoms with Crippen LogP contribution in [0.3, 0.4) is 0 Å². The standard InChI is InChI=1S/C13H11N3O3/c1-7-9(4-5-18-7)12-15-13(19-16-12)10-3-2-8(14)6-11(10)17/h2-6,17H,14H2,1H3. The van der Waals surface area contributed by atoms with E-state index in [9.17, 15) is 5.11 Å². The number of nitrogens with two attached hydrogens (primary N) is 1. The lowest BCUT2D eigenvalue weighted by Crippen LogP contribution is -1.86. The average molecular weight is 257 g/mol. The van der Waals surface area contributed by atoms with Crippen molar-refractivity contribution in [2.75, 3.05) is 5.73 Å². The number of nitrogen functional groups attached to an aromatic ring is 1. The molecule has 2 heterocycles. The Balaban J connectivity index is 2.04. The van der Waals surface area contributed by atoms with Gasteiger partial charge in [0, 0.05) is 11.8 Å². The van der Waals surface area contributed by atoms with E-state index in [-0.39, 0.29) is 11.6 Å². The maximum absolute atomic E-state index is 9.81. The molecule has 3 aromatic rings. The SMILES string of the molecule is Cc1occc1-c1noc(-c2ccc(N)cc2O)n1. The van der Waals surface area contributed by atoms with Gasteiger partial charge in [-0.3, -0.25) is 0 Å². The molecule has 0 aliphatic rings. The summed E-state index contributed by atoms with van der Waals surface area (Å²) in [4.78, 5) is 4.24.